The molecule has 0 bridgehead atoms. The van der Waals surface area contributed by atoms with Gasteiger partial charge in [0.1, 0.15) is 17.2 Å². The zero-order valence-electron chi connectivity index (χ0n) is 12.1. The van der Waals surface area contributed by atoms with Crippen molar-refractivity contribution in [1.29, 1.82) is 0 Å². The molecule has 0 saturated heterocycles. The summed E-state index contributed by atoms with van der Waals surface area (Å²) in [6, 6.07) is 12.2. The van der Waals surface area contributed by atoms with Gasteiger partial charge in [-0.15, -0.1) is 0 Å². The van der Waals surface area contributed by atoms with E-state index in [-0.39, 0.29) is 17.2 Å². The van der Waals surface area contributed by atoms with Crippen molar-refractivity contribution >= 4 is 0 Å². The molecule has 4 nitrogen and oxygen atoms in total. The molecule has 0 heterocycles. The SMILES string of the molecule is C[C@H](Cc1ccc(O)cc1)NCCc1cc(O)cc(O)c1. The van der Waals surface area contributed by atoms with E-state index in [0.717, 1.165) is 24.9 Å². The lowest BCUT2D eigenvalue weighted by Gasteiger charge is -2.14. The highest BCUT2D eigenvalue weighted by Crippen LogP contribution is 2.20. The highest BCUT2D eigenvalue weighted by molar-refractivity contribution is 5.36. The minimum absolute atomic E-state index is 0.0853. The average molecular weight is 287 g/mol. The van der Waals surface area contributed by atoms with Gasteiger partial charge in [0, 0.05) is 12.1 Å². The Bertz CT molecular complexity index is 561. The third-order valence-electron chi connectivity index (χ3n) is 3.35. The van der Waals surface area contributed by atoms with Gasteiger partial charge in [-0.05, 0) is 61.7 Å². The topological polar surface area (TPSA) is 72.7 Å². The van der Waals surface area contributed by atoms with Gasteiger partial charge in [0.25, 0.3) is 0 Å². The van der Waals surface area contributed by atoms with Crippen LogP contribution in [-0.4, -0.2) is 27.9 Å². The van der Waals surface area contributed by atoms with Gasteiger partial charge in [0.15, 0.2) is 0 Å². The van der Waals surface area contributed by atoms with E-state index in [1.807, 2.05) is 12.1 Å². The van der Waals surface area contributed by atoms with Gasteiger partial charge in [0.05, 0.1) is 0 Å². The van der Waals surface area contributed by atoms with Gasteiger partial charge in [-0.25, -0.2) is 0 Å². The number of benzene rings is 2. The fraction of sp³-hybridized carbons (Fsp3) is 0.294. The molecule has 0 aliphatic rings. The van der Waals surface area contributed by atoms with Crippen molar-refractivity contribution in [3.05, 3.63) is 53.6 Å². The third-order valence-corrected chi connectivity index (χ3v) is 3.35. The number of nitrogens with one attached hydrogen (secondary N) is 1. The van der Waals surface area contributed by atoms with E-state index in [1.54, 1.807) is 24.3 Å². The van der Waals surface area contributed by atoms with Gasteiger partial charge in [-0.3, -0.25) is 0 Å². The molecule has 4 N–H and O–H groups in total. The van der Waals surface area contributed by atoms with E-state index in [0.29, 0.717) is 6.04 Å². The van der Waals surface area contributed by atoms with Crippen LogP contribution >= 0.6 is 0 Å². The molecule has 0 radical (unpaired) electrons. The Balaban J connectivity index is 1.78. The summed E-state index contributed by atoms with van der Waals surface area (Å²) in [6.07, 6.45) is 1.62. The lowest BCUT2D eigenvalue weighted by molar-refractivity contribution is 0.448. The van der Waals surface area contributed by atoms with Gasteiger partial charge < -0.3 is 20.6 Å². The quantitative estimate of drug-likeness (QED) is 0.659. The van der Waals surface area contributed by atoms with Crippen LogP contribution in [-0.2, 0) is 12.8 Å². The van der Waals surface area contributed by atoms with Crippen molar-refractivity contribution in [3.63, 3.8) is 0 Å². The smallest absolute Gasteiger partial charge is 0.119 e. The molecule has 112 valence electrons. The maximum Gasteiger partial charge on any atom is 0.119 e. The standard InChI is InChI=1S/C17H21NO3/c1-12(8-13-2-4-15(19)5-3-13)18-7-6-14-9-16(20)11-17(21)10-14/h2-5,9-12,18-21H,6-8H2,1H3/t12-/m1/s1. The molecule has 4 heteroatoms. The first-order chi connectivity index (χ1) is 10.0. The van der Waals surface area contributed by atoms with Crippen LogP contribution < -0.4 is 5.32 Å². The molecule has 0 spiro atoms. The van der Waals surface area contributed by atoms with E-state index >= 15 is 0 Å². The number of phenolic OH excluding ortho intramolecular Hbond substituents is 3. The van der Waals surface area contributed by atoms with E-state index in [2.05, 4.69) is 12.2 Å². The van der Waals surface area contributed by atoms with Crippen LogP contribution in [0, 0.1) is 0 Å². The maximum atomic E-state index is 9.42. The Labute approximate surface area is 124 Å². The first-order valence-electron chi connectivity index (χ1n) is 7.06. The molecule has 2 rings (SSSR count). The number of phenols is 3. The van der Waals surface area contributed by atoms with Gasteiger partial charge in [-0.2, -0.15) is 0 Å². The van der Waals surface area contributed by atoms with Crippen LogP contribution in [0.3, 0.4) is 0 Å². The summed E-state index contributed by atoms with van der Waals surface area (Å²) in [4.78, 5) is 0. The minimum Gasteiger partial charge on any atom is -0.508 e. The number of hydrogen-bond acceptors (Lipinski definition) is 4. The van der Waals surface area contributed by atoms with Crippen LogP contribution in [0.15, 0.2) is 42.5 Å². The van der Waals surface area contributed by atoms with Crippen LogP contribution in [0.4, 0.5) is 0 Å². The van der Waals surface area contributed by atoms with Crippen molar-refractivity contribution in [2.75, 3.05) is 6.54 Å². The third kappa shape index (κ3) is 5.00. The molecule has 1 atom stereocenters. The average Bonchev–Trinajstić information content (AvgIpc) is 2.40. The summed E-state index contributed by atoms with van der Waals surface area (Å²) in [5.74, 6) is 0.451. The van der Waals surface area contributed by atoms with Crippen LogP contribution in [0.1, 0.15) is 18.1 Å². The second-order valence-corrected chi connectivity index (χ2v) is 5.33. The summed E-state index contributed by atoms with van der Waals surface area (Å²) >= 11 is 0. The summed E-state index contributed by atoms with van der Waals surface area (Å²) in [7, 11) is 0. The second kappa shape index (κ2) is 6.99. The summed E-state index contributed by atoms with van der Waals surface area (Å²) in [6.45, 7) is 2.87. The minimum atomic E-state index is 0.0853. The zero-order chi connectivity index (χ0) is 15.2. The van der Waals surface area contributed by atoms with Crippen molar-refractivity contribution in [2.45, 2.75) is 25.8 Å². The molecular weight excluding hydrogens is 266 g/mol. The Morgan fingerprint density at radius 3 is 2.10 bits per heavy atom. The van der Waals surface area contributed by atoms with Crippen molar-refractivity contribution in [1.82, 2.24) is 5.32 Å². The lowest BCUT2D eigenvalue weighted by atomic mass is 10.1. The number of rotatable bonds is 6. The fourth-order valence-electron chi connectivity index (χ4n) is 2.32. The molecule has 0 aliphatic heterocycles. The van der Waals surface area contributed by atoms with Gasteiger partial charge in [-0.1, -0.05) is 12.1 Å². The summed E-state index contributed by atoms with van der Waals surface area (Å²) in [5, 5.41) is 31.5. The molecular formula is C17H21NO3. The van der Waals surface area contributed by atoms with Crippen LogP contribution in [0.25, 0.3) is 0 Å². The van der Waals surface area contributed by atoms with E-state index in [4.69, 9.17) is 0 Å². The van der Waals surface area contributed by atoms with E-state index in [9.17, 15) is 15.3 Å². The first-order valence-corrected chi connectivity index (χ1v) is 7.06. The zero-order valence-corrected chi connectivity index (χ0v) is 12.1. The first kappa shape index (κ1) is 15.2. The Kier molecular flexibility index (Phi) is 5.06. The maximum absolute atomic E-state index is 9.42. The Morgan fingerprint density at radius 1 is 0.857 bits per heavy atom. The number of aromatic hydroxyl groups is 3. The Morgan fingerprint density at radius 2 is 1.48 bits per heavy atom. The molecule has 2 aromatic carbocycles. The van der Waals surface area contributed by atoms with E-state index in [1.165, 1.54) is 11.6 Å². The van der Waals surface area contributed by atoms with E-state index < -0.39 is 0 Å². The monoisotopic (exact) mass is 287 g/mol. The molecule has 21 heavy (non-hydrogen) atoms. The van der Waals surface area contributed by atoms with Crippen LogP contribution in [0.5, 0.6) is 17.2 Å². The van der Waals surface area contributed by atoms with Crippen molar-refractivity contribution in [2.24, 2.45) is 0 Å². The fourth-order valence-corrected chi connectivity index (χ4v) is 2.32. The molecule has 0 fully saturated rings. The molecule has 0 amide bonds. The van der Waals surface area contributed by atoms with Crippen LogP contribution in [0.2, 0.25) is 0 Å². The van der Waals surface area contributed by atoms with Gasteiger partial charge in [0.2, 0.25) is 0 Å². The molecule has 0 aromatic heterocycles. The molecule has 0 unspecified atom stereocenters. The molecule has 0 aliphatic carbocycles. The molecule has 0 saturated carbocycles. The lowest BCUT2D eigenvalue weighted by Crippen LogP contribution is -2.29. The summed E-state index contributed by atoms with van der Waals surface area (Å²) in [5.41, 5.74) is 2.07. The molecule has 2 aromatic rings. The van der Waals surface area contributed by atoms with Crippen molar-refractivity contribution < 1.29 is 15.3 Å². The largest absolute Gasteiger partial charge is 0.508 e. The predicted octanol–water partition coefficient (Wildman–Crippen LogP) is 2.57. The highest BCUT2D eigenvalue weighted by Gasteiger charge is 2.04. The van der Waals surface area contributed by atoms with Crippen molar-refractivity contribution in [3.8, 4) is 17.2 Å². The highest BCUT2D eigenvalue weighted by atomic mass is 16.3. The van der Waals surface area contributed by atoms with Gasteiger partial charge >= 0.3 is 0 Å². The number of hydrogen-bond donors (Lipinski definition) is 4. The Hall–Kier alpha value is -2.20. The predicted molar refractivity (Wildman–Crippen MR) is 82.8 cm³/mol. The normalized spacial score (nSPS) is 12.2. The summed E-state index contributed by atoms with van der Waals surface area (Å²) < 4.78 is 0. The second-order valence-electron chi connectivity index (χ2n) is 5.33.